The smallest absolute Gasteiger partial charge is 0.306 e. The summed E-state index contributed by atoms with van der Waals surface area (Å²) in [6.45, 7) is 4.52. The fourth-order valence-corrected chi connectivity index (χ4v) is 3.77. The number of carboxylic acids is 1. The third-order valence-electron chi connectivity index (χ3n) is 6.24. The van der Waals surface area contributed by atoms with Crippen LogP contribution in [0.2, 0.25) is 0 Å². The van der Waals surface area contributed by atoms with Gasteiger partial charge < -0.3 is 33.3 Å². The predicted octanol–water partition coefficient (Wildman–Crippen LogP) is 4.70. The summed E-state index contributed by atoms with van der Waals surface area (Å²) in [4.78, 5) is 36.2. The van der Waals surface area contributed by atoms with Crippen LogP contribution in [0.3, 0.4) is 0 Å². The van der Waals surface area contributed by atoms with Crippen LogP contribution in [0.15, 0.2) is 12.2 Å². The SMILES string of the molecule is CCC/C=C\CCCCCCCC(=O)OC(COC(=O)CCCCCCC)COC(OCC[N+](C)(C)C)C(=O)[O-]. The van der Waals surface area contributed by atoms with E-state index in [-0.39, 0.29) is 38.6 Å². The first kappa shape index (κ1) is 38.0. The van der Waals surface area contributed by atoms with Crippen molar-refractivity contribution >= 4 is 17.9 Å². The van der Waals surface area contributed by atoms with Gasteiger partial charge in [-0.1, -0.05) is 77.4 Å². The Morgan fingerprint density at radius 2 is 1.32 bits per heavy atom. The van der Waals surface area contributed by atoms with Gasteiger partial charge in [-0.15, -0.1) is 0 Å². The first-order valence-corrected chi connectivity index (χ1v) is 15.3. The minimum absolute atomic E-state index is 0.147. The molecule has 0 spiro atoms. The number of rotatable bonds is 27. The lowest BCUT2D eigenvalue weighted by Crippen LogP contribution is -2.44. The molecule has 234 valence electrons. The Hall–Kier alpha value is -1.97. The summed E-state index contributed by atoms with van der Waals surface area (Å²) in [5.74, 6) is -2.32. The van der Waals surface area contributed by atoms with Crippen LogP contribution in [-0.4, -0.2) is 82.3 Å². The van der Waals surface area contributed by atoms with Crippen LogP contribution in [0.1, 0.15) is 110 Å². The standard InChI is InChI=1S/C31H57NO8/c1-6-8-10-12-13-14-15-16-18-20-22-29(34)40-27(25-38-28(33)21-19-17-11-9-7-2)26-39-31(30(35)36)37-24-23-32(3,4)5/h10,12,27,31H,6-9,11,13-26H2,1-5H3/b12-10-. The molecule has 9 heteroatoms. The largest absolute Gasteiger partial charge is 0.545 e. The van der Waals surface area contributed by atoms with Crippen LogP contribution in [-0.2, 0) is 33.3 Å². The highest BCUT2D eigenvalue weighted by molar-refractivity contribution is 5.70. The molecule has 0 aliphatic heterocycles. The van der Waals surface area contributed by atoms with Gasteiger partial charge in [-0.05, 0) is 32.1 Å². The second kappa shape index (κ2) is 24.8. The minimum atomic E-state index is -1.61. The van der Waals surface area contributed by atoms with Crippen LogP contribution >= 0.6 is 0 Å². The van der Waals surface area contributed by atoms with Crippen molar-refractivity contribution in [3.63, 3.8) is 0 Å². The summed E-state index contributed by atoms with van der Waals surface area (Å²) >= 11 is 0. The van der Waals surface area contributed by atoms with Gasteiger partial charge in [-0.25, -0.2) is 0 Å². The summed E-state index contributed by atoms with van der Waals surface area (Å²) in [6, 6.07) is 0. The van der Waals surface area contributed by atoms with Crippen molar-refractivity contribution < 1.29 is 42.9 Å². The molecule has 9 nitrogen and oxygen atoms in total. The van der Waals surface area contributed by atoms with Crippen molar-refractivity contribution in [2.24, 2.45) is 0 Å². The van der Waals surface area contributed by atoms with E-state index in [1.165, 1.54) is 6.42 Å². The summed E-state index contributed by atoms with van der Waals surface area (Å²) in [6.07, 6.45) is 15.8. The van der Waals surface area contributed by atoms with Gasteiger partial charge in [0.15, 0.2) is 12.4 Å². The van der Waals surface area contributed by atoms with Crippen LogP contribution in [0.25, 0.3) is 0 Å². The van der Waals surface area contributed by atoms with Gasteiger partial charge in [0.1, 0.15) is 13.2 Å². The molecular formula is C31H57NO8. The normalized spacial score (nSPS) is 13.3. The van der Waals surface area contributed by atoms with E-state index in [4.69, 9.17) is 18.9 Å². The van der Waals surface area contributed by atoms with Crippen molar-refractivity contribution in [3.8, 4) is 0 Å². The maximum Gasteiger partial charge on any atom is 0.306 e. The number of unbranched alkanes of at least 4 members (excludes halogenated alkanes) is 10. The van der Waals surface area contributed by atoms with Gasteiger partial charge in [0.05, 0.1) is 40.3 Å². The van der Waals surface area contributed by atoms with E-state index in [2.05, 4.69) is 26.0 Å². The Bertz CT molecular complexity index is 689. The zero-order valence-corrected chi connectivity index (χ0v) is 26.0. The lowest BCUT2D eigenvalue weighted by molar-refractivity contribution is -0.870. The molecule has 0 aromatic carbocycles. The number of carboxylic acid groups (broad SMARTS) is 1. The molecular weight excluding hydrogens is 514 g/mol. The molecule has 0 saturated carbocycles. The fourth-order valence-electron chi connectivity index (χ4n) is 3.77. The molecule has 0 heterocycles. The maximum atomic E-state index is 12.5. The van der Waals surface area contributed by atoms with Gasteiger partial charge in [-0.3, -0.25) is 9.59 Å². The number of aliphatic carboxylic acids is 1. The van der Waals surface area contributed by atoms with Gasteiger partial charge in [-0.2, -0.15) is 0 Å². The van der Waals surface area contributed by atoms with Crippen molar-refractivity contribution in [2.75, 3.05) is 47.5 Å². The van der Waals surface area contributed by atoms with E-state index in [1.54, 1.807) is 0 Å². The molecule has 0 aromatic rings. The molecule has 0 radical (unpaired) electrons. The third-order valence-corrected chi connectivity index (χ3v) is 6.24. The van der Waals surface area contributed by atoms with E-state index in [9.17, 15) is 19.5 Å². The van der Waals surface area contributed by atoms with Gasteiger partial charge in [0.2, 0.25) is 0 Å². The van der Waals surface area contributed by atoms with Crippen LogP contribution in [0, 0.1) is 0 Å². The molecule has 0 aliphatic rings. The van der Waals surface area contributed by atoms with Gasteiger partial charge >= 0.3 is 11.9 Å². The zero-order valence-electron chi connectivity index (χ0n) is 26.0. The molecule has 0 rings (SSSR count). The molecule has 0 saturated heterocycles. The number of quaternary nitrogens is 1. The van der Waals surface area contributed by atoms with E-state index < -0.39 is 24.3 Å². The molecule has 0 fully saturated rings. The highest BCUT2D eigenvalue weighted by Crippen LogP contribution is 2.11. The number of likely N-dealkylation sites (N-methyl/N-ethyl adjacent to an activating group) is 1. The molecule has 0 bridgehead atoms. The highest BCUT2D eigenvalue weighted by Gasteiger charge is 2.21. The fraction of sp³-hybridized carbons (Fsp3) is 0.839. The predicted molar refractivity (Wildman–Crippen MR) is 154 cm³/mol. The Kier molecular flexibility index (Phi) is 23.6. The highest BCUT2D eigenvalue weighted by atomic mass is 16.7. The molecule has 0 aromatic heterocycles. The van der Waals surface area contributed by atoms with Gasteiger partial charge in [0, 0.05) is 12.8 Å². The number of carbonyl (C=O) groups is 3. The van der Waals surface area contributed by atoms with Crippen molar-refractivity contribution in [1.82, 2.24) is 0 Å². The molecule has 0 aliphatic carbocycles. The Morgan fingerprint density at radius 3 is 1.95 bits per heavy atom. The molecule has 2 unspecified atom stereocenters. The second-order valence-corrected chi connectivity index (χ2v) is 11.4. The van der Waals surface area contributed by atoms with Crippen LogP contribution in [0.4, 0.5) is 0 Å². The minimum Gasteiger partial charge on any atom is -0.545 e. The Balaban J connectivity index is 4.65. The number of hydrogen-bond donors (Lipinski definition) is 0. The first-order valence-electron chi connectivity index (χ1n) is 15.3. The lowest BCUT2D eigenvalue weighted by Gasteiger charge is -2.26. The number of ether oxygens (including phenoxy) is 4. The maximum absolute atomic E-state index is 12.5. The van der Waals surface area contributed by atoms with E-state index in [0.717, 1.165) is 70.6 Å². The molecule has 0 amide bonds. The van der Waals surface area contributed by atoms with Gasteiger partial charge in [0.25, 0.3) is 0 Å². The Labute approximate surface area is 243 Å². The number of carbonyl (C=O) groups excluding carboxylic acids is 3. The lowest BCUT2D eigenvalue weighted by atomic mass is 10.1. The first-order chi connectivity index (χ1) is 19.1. The summed E-state index contributed by atoms with van der Waals surface area (Å²) in [7, 11) is 5.87. The second-order valence-electron chi connectivity index (χ2n) is 11.4. The van der Waals surface area contributed by atoms with Crippen molar-refractivity contribution in [1.29, 1.82) is 0 Å². The topological polar surface area (TPSA) is 111 Å². The third kappa shape index (κ3) is 25.0. The number of hydrogen-bond acceptors (Lipinski definition) is 8. The van der Waals surface area contributed by atoms with Crippen LogP contribution in [0.5, 0.6) is 0 Å². The molecule has 2 atom stereocenters. The summed E-state index contributed by atoms with van der Waals surface area (Å²) in [5.41, 5.74) is 0. The monoisotopic (exact) mass is 571 g/mol. The van der Waals surface area contributed by atoms with E-state index >= 15 is 0 Å². The zero-order chi connectivity index (χ0) is 30.1. The Morgan fingerprint density at radius 1 is 0.725 bits per heavy atom. The number of allylic oxidation sites excluding steroid dienone is 2. The quantitative estimate of drug-likeness (QED) is 0.0459. The molecule has 40 heavy (non-hydrogen) atoms. The number of nitrogens with zero attached hydrogens (tertiary/aromatic N) is 1. The summed E-state index contributed by atoms with van der Waals surface area (Å²) in [5, 5.41) is 11.5. The van der Waals surface area contributed by atoms with Crippen LogP contribution < -0.4 is 5.11 Å². The summed E-state index contributed by atoms with van der Waals surface area (Å²) < 4.78 is 22.1. The average molecular weight is 572 g/mol. The van der Waals surface area contributed by atoms with E-state index in [0.29, 0.717) is 17.4 Å². The van der Waals surface area contributed by atoms with Crippen molar-refractivity contribution in [2.45, 2.75) is 123 Å². The average Bonchev–Trinajstić information content (AvgIpc) is 2.89. The number of esters is 2. The molecule has 0 N–H and O–H groups in total. The van der Waals surface area contributed by atoms with Crippen molar-refractivity contribution in [3.05, 3.63) is 12.2 Å². The van der Waals surface area contributed by atoms with E-state index in [1.807, 2.05) is 21.1 Å².